The maximum atomic E-state index is 15.5. The fourth-order valence-electron chi connectivity index (χ4n) is 15.1. The Morgan fingerprint density at radius 2 is 1.45 bits per heavy atom. The van der Waals surface area contributed by atoms with E-state index < -0.39 is 167 Å². The van der Waals surface area contributed by atoms with Crippen LogP contribution in [0.3, 0.4) is 0 Å². The number of rotatable bonds is 16. The number of ketones is 3. The lowest BCUT2D eigenvalue weighted by Gasteiger charge is -2.67. The van der Waals surface area contributed by atoms with Crippen LogP contribution >= 0.6 is 0 Å². The minimum atomic E-state index is -2.39. The number of ether oxygens (including phenoxy) is 8. The van der Waals surface area contributed by atoms with Gasteiger partial charge in [0.15, 0.2) is 29.7 Å². The van der Waals surface area contributed by atoms with Gasteiger partial charge in [-0.3, -0.25) is 33.6 Å². The van der Waals surface area contributed by atoms with E-state index >= 15 is 4.79 Å². The number of allylic oxidation sites excluding steroid dienone is 4. The maximum Gasteiger partial charge on any atom is 0.405 e. The van der Waals surface area contributed by atoms with Gasteiger partial charge in [0.05, 0.1) is 59.3 Å². The molecule has 2 saturated carbocycles. The zero-order chi connectivity index (χ0) is 76.5. The van der Waals surface area contributed by atoms with Gasteiger partial charge in [0.25, 0.3) is 11.8 Å². The Labute approximate surface area is 603 Å². The van der Waals surface area contributed by atoms with Crippen LogP contribution in [0.2, 0.25) is 0 Å². The molecule has 9 N–H and O–H groups in total. The van der Waals surface area contributed by atoms with Crippen LogP contribution in [0, 0.1) is 28.6 Å². The number of nitrogens with one attached hydrogen (secondary N) is 3. The molecule has 0 unspecified atom stereocenters. The van der Waals surface area contributed by atoms with Crippen molar-refractivity contribution in [1.82, 2.24) is 16.0 Å². The molecule has 3 aromatic rings. The van der Waals surface area contributed by atoms with Crippen LogP contribution in [0.15, 0.2) is 173 Å². The lowest BCUT2D eigenvalue weighted by atomic mass is 9.44. The number of amides is 3. The van der Waals surface area contributed by atoms with Crippen LogP contribution in [0.1, 0.15) is 127 Å². The van der Waals surface area contributed by atoms with E-state index in [9.17, 15) is 63.6 Å². The van der Waals surface area contributed by atoms with E-state index in [2.05, 4.69) is 22.5 Å². The summed E-state index contributed by atoms with van der Waals surface area (Å²) in [6.45, 7) is 18.9. The molecule has 4 aliphatic carbocycles. The summed E-state index contributed by atoms with van der Waals surface area (Å²) in [5, 5.41) is 57.0. The van der Waals surface area contributed by atoms with Gasteiger partial charge < -0.3 is 80.0 Å². The highest BCUT2D eigenvalue weighted by molar-refractivity contribution is 6.23. The Kier molecular flexibility index (Phi) is 25.8. The molecule has 26 heteroatoms. The second-order valence-electron chi connectivity index (χ2n) is 28.0. The molecule has 6 aliphatic rings. The molecular weight excluding hydrogens is 1340 g/mol. The SMILES string of the molecule is C=CCNC1=C2C[C@@H](C)C[C@H](OC)[C@H](O)[C@@H](C)/C=C(\C)[C@@H](OC(N)=O)[C@@H](OC)/C=C\C=C(/C)C(=O)NC(=CC1=O)C2=O.CC(=O)O[C@H]1C(=O)[C@@]2(C)[C@H]([C@H](OC(=O)c3ccccc3)[C@]3(O)C[C@H](OC(=O)[C@H](O)[C@@H](NC(=O)c4ccccc4)c4ccccc4)C(C)=C1C3(C)C)[C@]1(OC(C)=O)CO[C@@H]1C[C@@H]2O. The van der Waals surface area contributed by atoms with E-state index in [1.165, 1.54) is 46.3 Å². The summed E-state index contributed by atoms with van der Waals surface area (Å²) in [6, 6.07) is 22.9. The molecule has 26 nitrogen and oxygen atoms in total. The van der Waals surface area contributed by atoms with Gasteiger partial charge in [-0.05, 0) is 93.0 Å². The summed E-state index contributed by atoms with van der Waals surface area (Å²) in [5.41, 5.74) is -0.600. The minimum absolute atomic E-state index is 0.00289. The minimum Gasteiger partial charge on any atom is -0.456 e. The van der Waals surface area contributed by atoms with Crippen molar-refractivity contribution in [3.05, 3.63) is 190 Å². The molecule has 0 aromatic heterocycles. The lowest BCUT2D eigenvalue weighted by Crippen LogP contribution is -2.82. The lowest BCUT2D eigenvalue weighted by molar-refractivity contribution is -0.346. The zero-order valence-electron chi connectivity index (χ0n) is 60.4. The van der Waals surface area contributed by atoms with E-state index in [1.807, 2.05) is 6.92 Å². The molecule has 0 spiro atoms. The van der Waals surface area contributed by atoms with Crippen molar-refractivity contribution in [2.45, 2.75) is 173 Å². The topological polar surface area (TPSA) is 388 Å². The first-order valence-electron chi connectivity index (χ1n) is 34.2. The first-order valence-corrected chi connectivity index (χ1v) is 34.2. The number of benzene rings is 3. The smallest absolute Gasteiger partial charge is 0.405 e. The fourth-order valence-corrected chi connectivity index (χ4v) is 15.1. The molecule has 9 rings (SSSR count). The van der Waals surface area contributed by atoms with Gasteiger partial charge in [0, 0.05) is 81.6 Å². The third kappa shape index (κ3) is 16.7. The number of hydrogen-bond donors (Lipinski definition) is 8. The number of fused-ring (bicyclic) bond motifs is 7. The largest absolute Gasteiger partial charge is 0.456 e. The summed E-state index contributed by atoms with van der Waals surface area (Å²) in [7, 11) is 2.92. The Balaban J connectivity index is 0.000000285. The van der Waals surface area contributed by atoms with E-state index in [1.54, 1.807) is 138 Å². The number of nitrogens with two attached hydrogens (primary N) is 1. The van der Waals surface area contributed by atoms with Crippen molar-refractivity contribution in [2.75, 3.05) is 27.4 Å². The number of primary amides is 1. The van der Waals surface area contributed by atoms with Crippen molar-refractivity contribution >= 4 is 59.1 Å². The summed E-state index contributed by atoms with van der Waals surface area (Å²) < 4.78 is 46.8. The molecule has 104 heavy (non-hydrogen) atoms. The molecule has 3 aromatic carbocycles. The molecule has 1 saturated heterocycles. The third-order valence-corrected chi connectivity index (χ3v) is 20.7. The molecule has 2 aliphatic heterocycles. The number of aliphatic hydroxyl groups excluding tert-OH is 3. The zero-order valence-corrected chi connectivity index (χ0v) is 60.4. The van der Waals surface area contributed by atoms with Crippen molar-refractivity contribution in [3.63, 3.8) is 0 Å². The average molecular weight is 1440 g/mol. The van der Waals surface area contributed by atoms with Crippen molar-refractivity contribution in [2.24, 2.45) is 34.3 Å². The van der Waals surface area contributed by atoms with Gasteiger partial charge in [0.2, 0.25) is 11.6 Å². The normalized spacial score (nSPS) is 31.8. The Morgan fingerprint density at radius 1 is 0.827 bits per heavy atom. The van der Waals surface area contributed by atoms with Crippen LogP contribution in [0.25, 0.3) is 0 Å². The Bertz CT molecular complexity index is 3970. The number of Topliss-reactive ketones (excluding diaryl/α,β-unsaturated/α-hetero) is 2. The highest BCUT2D eigenvalue weighted by Crippen LogP contribution is 2.64. The molecule has 3 fully saturated rings. The summed E-state index contributed by atoms with van der Waals surface area (Å²) in [6.07, 6.45) is -5.18. The molecule has 17 atom stereocenters. The molecule has 3 amide bonds. The molecule has 2 heterocycles. The van der Waals surface area contributed by atoms with E-state index in [-0.39, 0.29) is 76.7 Å². The first kappa shape index (κ1) is 80.2. The predicted octanol–water partition coefficient (Wildman–Crippen LogP) is 6.27. The van der Waals surface area contributed by atoms with Gasteiger partial charge in [-0.2, -0.15) is 0 Å². The Hall–Kier alpha value is -9.54. The fraction of sp³-hybridized carbons (Fsp3) is 0.462. The Morgan fingerprint density at radius 3 is 2.02 bits per heavy atom. The van der Waals surface area contributed by atoms with E-state index in [0.29, 0.717) is 17.6 Å². The third-order valence-electron chi connectivity index (χ3n) is 20.7. The molecule has 4 bridgehead atoms. The van der Waals surface area contributed by atoms with Crippen molar-refractivity contribution in [1.29, 1.82) is 0 Å². The quantitative estimate of drug-likeness (QED) is 0.0339. The maximum absolute atomic E-state index is 15.5. The highest BCUT2D eigenvalue weighted by atomic mass is 16.6. The number of methoxy groups -OCH3 is 2. The van der Waals surface area contributed by atoms with Gasteiger partial charge in [-0.15, -0.1) is 6.58 Å². The number of carbonyl (C=O) groups excluding carboxylic acids is 10. The molecular formula is C78H94N4O22. The number of carbonyl (C=O) groups is 10. The van der Waals surface area contributed by atoms with Gasteiger partial charge in [-0.25, -0.2) is 14.4 Å². The standard InChI is InChI=1S/C47H51NO14.C31H43N3O8/c1-25-31(60-43(56)36(52)35(28-16-10-7-11-17-28)48-41(54)29-18-12-8-13-19-29)23-47(57)40(61-42(55)30-20-14-9-15-21-30)38-45(6,32(51)22-33-46(38,24-58-33)62-27(3)50)39(53)37(59-26(2)49)34(25)44(47,4)5;1-8-12-33-26-21-13-17(2)14-25(41-7)27(36)19(4)15-20(5)29(42-31(32)39)24(40-6)11-9-10-18(3)30(38)34-22(28(21)37)16-23(26)35/h7-21,31-33,35-38,40,51-52,57H,22-24H2,1-6H3,(H,48,54);8-11,15-17,19,24-25,27,29,33,36H,1,12-14H2,2-7H3,(H2,32,39)(H,34,38)/b;11-9-,18-10+,20-15+/t31-,32-,33+,35-,36+,37+,38-,40-,45+,46-,47+;17-,19+,24+,25+,27-,29-/m01/s1. The van der Waals surface area contributed by atoms with E-state index in [0.717, 1.165) is 19.9 Å². The highest BCUT2D eigenvalue weighted by Gasteiger charge is 2.78. The number of aliphatic hydroxyl groups is 4. The van der Waals surface area contributed by atoms with E-state index in [4.69, 9.17) is 43.6 Å². The van der Waals surface area contributed by atoms with Gasteiger partial charge in [-0.1, -0.05) is 125 Å². The average Bonchev–Trinajstić information content (AvgIpc) is 0.669. The van der Waals surface area contributed by atoms with Crippen LogP contribution in [0.4, 0.5) is 4.79 Å². The first-order chi connectivity index (χ1) is 49.1. The van der Waals surface area contributed by atoms with Crippen LogP contribution in [-0.2, 0) is 71.5 Å². The van der Waals surface area contributed by atoms with Crippen LogP contribution in [-0.4, -0.2) is 179 Å². The number of hydrogen-bond acceptors (Lipinski definition) is 23. The number of esters is 4. The van der Waals surface area contributed by atoms with Crippen molar-refractivity contribution < 1.29 is 106 Å². The molecule has 0 radical (unpaired) electrons. The second-order valence-corrected chi connectivity index (χ2v) is 28.0. The molecule has 558 valence electrons. The summed E-state index contributed by atoms with van der Waals surface area (Å²) >= 11 is 0. The van der Waals surface area contributed by atoms with Gasteiger partial charge in [0.1, 0.15) is 30.0 Å². The summed E-state index contributed by atoms with van der Waals surface area (Å²) in [5.74, 6) is -8.99. The monoisotopic (exact) mass is 1440 g/mol. The van der Waals surface area contributed by atoms with Crippen LogP contribution in [0.5, 0.6) is 0 Å². The van der Waals surface area contributed by atoms with Crippen LogP contribution < -0.4 is 21.7 Å². The van der Waals surface area contributed by atoms with Crippen molar-refractivity contribution in [3.8, 4) is 0 Å². The second kappa shape index (κ2) is 33.5. The van der Waals surface area contributed by atoms with Gasteiger partial charge >= 0.3 is 30.0 Å². The summed E-state index contributed by atoms with van der Waals surface area (Å²) in [4.78, 5) is 135. The predicted molar refractivity (Wildman–Crippen MR) is 375 cm³/mol.